The third-order valence-electron chi connectivity index (χ3n) is 5.83. The fourth-order valence-corrected chi connectivity index (χ4v) is 4.73. The second-order valence-corrected chi connectivity index (χ2v) is 8.12. The van der Waals surface area contributed by atoms with E-state index in [1.165, 1.54) is 0 Å². The number of nitrogens with zero attached hydrogens (tertiary/aromatic N) is 3. The zero-order valence-electron chi connectivity index (χ0n) is 16.5. The van der Waals surface area contributed by atoms with Gasteiger partial charge in [0.05, 0.1) is 23.9 Å². The molecule has 1 aromatic carbocycles. The van der Waals surface area contributed by atoms with Crippen molar-refractivity contribution in [2.75, 3.05) is 13.2 Å². The summed E-state index contributed by atoms with van der Waals surface area (Å²) in [6, 6.07) is 17.3. The largest absolute Gasteiger partial charge is 0.508 e. The Morgan fingerprint density at radius 2 is 2.00 bits per heavy atom. The summed E-state index contributed by atoms with van der Waals surface area (Å²) in [6.07, 6.45) is 6.20. The number of phenols is 1. The highest BCUT2D eigenvalue weighted by Gasteiger charge is 2.42. The lowest BCUT2D eigenvalue weighted by Gasteiger charge is -2.30. The quantitative estimate of drug-likeness (QED) is 0.614. The molecule has 2 N–H and O–H groups in total. The lowest BCUT2D eigenvalue weighted by molar-refractivity contribution is 0.0836. The lowest BCUT2D eigenvalue weighted by atomic mass is 10.0. The van der Waals surface area contributed by atoms with Crippen LogP contribution in [0.1, 0.15) is 36.3 Å². The second-order valence-electron chi connectivity index (χ2n) is 7.73. The van der Waals surface area contributed by atoms with Crippen LogP contribution in [-0.2, 0) is 4.74 Å². The summed E-state index contributed by atoms with van der Waals surface area (Å²) in [7, 11) is 0. The van der Waals surface area contributed by atoms with Crippen LogP contribution in [-0.4, -0.2) is 43.9 Å². The van der Waals surface area contributed by atoms with Crippen molar-refractivity contribution < 1.29 is 9.84 Å². The molecule has 3 aromatic rings. The molecule has 2 aromatic heterocycles. The van der Waals surface area contributed by atoms with E-state index in [2.05, 4.69) is 25.8 Å². The number of benzene rings is 1. The molecule has 3 atom stereocenters. The molecule has 0 unspecified atom stereocenters. The van der Waals surface area contributed by atoms with Crippen LogP contribution in [0.15, 0.2) is 67.0 Å². The molecule has 2 aliphatic heterocycles. The normalized spacial score (nSPS) is 23.7. The van der Waals surface area contributed by atoms with Gasteiger partial charge >= 0.3 is 0 Å². The number of nitrogens with one attached hydrogen (secondary N) is 1. The molecule has 30 heavy (non-hydrogen) atoms. The number of thiocarbonyl (C=S) groups is 1. The van der Waals surface area contributed by atoms with Crippen molar-refractivity contribution in [3.05, 3.63) is 78.4 Å². The van der Waals surface area contributed by atoms with Gasteiger partial charge < -0.3 is 24.6 Å². The minimum atomic E-state index is -0.0640. The monoisotopic (exact) mass is 420 g/mol. The molecule has 154 valence electrons. The van der Waals surface area contributed by atoms with E-state index in [-0.39, 0.29) is 23.9 Å². The van der Waals surface area contributed by atoms with Crippen LogP contribution >= 0.6 is 12.2 Å². The van der Waals surface area contributed by atoms with Crippen molar-refractivity contribution in [2.24, 2.45) is 0 Å². The van der Waals surface area contributed by atoms with E-state index < -0.39 is 0 Å². The van der Waals surface area contributed by atoms with Crippen molar-refractivity contribution in [3.63, 3.8) is 0 Å². The highest BCUT2D eigenvalue weighted by atomic mass is 32.1. The summed E-state index contributed by atoms with van der Waals surface area (Å²) >= 11 is 5.77. The topological polar surface area (TPSA) is 62.5 Å². The van der Waals surface area contributed by atoms with E-state index in [9.17, 15) is 5.11 Å². The third-order valence-corrected chi connectivity index (χ3v) is 6.19. The number of phenolic OH excluding ortho intramolecular Hbond substituents is 1. The minimum absolute atomic E-state index is 0.0274. The average Bonchev–Trinajstić information content (AvgIpc) is 3.51. The maximum atomic E-state index is 9.70. The lowest BCUT2D eigenvalue weighted by Crippen LogP contribution is -2.36. The van der Waals surface area contributed by atoms with E-state index in [0.29, 0.717) is 0 Å². The Morgan fingerprint density at radius 3 is 2.73 bits per heavy atom. The van der Waals surface area contributed by atoms with Crippen molar-refractivity contribution in [1.29, 1.82) is 0 Å². The summed E-state index contributed by atoms with van der Waals surface area (Å²) in [5, 5.41) is 13.9. The number of pyridine rings is 1. The second kappa shape index (κ2) is 8.08. The molecule has 0 radical (unpaired) electrons. The number of hydrogen-bond acceptors (Lipinski definition) is 4. The van der Waals surface area contributed by atoms with Crippen molar-refractivity contribution in [1.82, 2.24) is 19.8 Å². The fourth-order valence-electron chi connectivity index (χ4n) is 4.41. The molecule has 0 amide bonds. The van der Waals surface area contributed by atoms with E-state index in [1.54, 1.807) is 12.1 Å². The van der Waals surface area contributed by atoms with Crippen LogP contribution in [0, 0.1) is 0 Å². The molecular formula is C23H24N4O2S. The first-order valence-electron chi connectivity index (χ1n) is 10.3. The first kappa shape index (κ1) is 19.1. The molecule has 4 heterocycles. The molecule has 2 aliphatic rings. The molecule has 2 fully saturated rings. The number of hydrogen-bond donors (Lipinski definition) is 2. The van der Waals surface area contributed by atoms with Gasteiger partial charge in [0.1, 0.15) is 5.75 Å². The molecule has 6 nitrogen and oxygen atoms in total. The van der Waals surface area contributed by atoms with Crippen LogP contribution in [0.25, 0.3) is 5.69 Å². The van der Waals surface area contributed by atoms with Gasteiger partial charge in [-0.15, -0.1) is 0 Å². The van der Waals surface area contributed by atoms with Gasteiger partial charge in [0.25, 0.3) is 0 Å². The SMILES string of the molecule is Oc1ccc(-n2cccc2[C@@H]2[C@@H](c3ccccn3)NC(=S)N2C[C@H]2CCCO2)cc1. The number of aromatic hydroxyl groups is 1. The standard InChI is InChI=1S/C23H24N4O2S/c28-17-10-8-16(9-11-17)26-13-3-7-20(26)22-21(19-6-1-2-12-24-19)25-23(30)27(22)15-18-5-4-14-29-18/h1-3,6-13,18,21-22,28H,4-5,14-15H2,(H,25,30)/t18-,21-,22-/m1/s1. The summed E-state index contributed by atoms with van der Waals surface area (Å²) in [5.41, 5.74) is 3.06. The Kier molecular flexibility index (Phi) is 5.14. The highest BCUT2D eigenvalue weighted by Crippen LogP contribution is 2.40. The van der Waals surface area contributed by atoms with Gasteiger partial charge in [0.15, 0.2) is 5.11 Å². The van der Waals surface area contributed by atoms with E-state index in [4.69, 9.17) is 17.0 Å². The Morgan fingerprint density at radius 1 is 1.13 bits per heavy atom. The van der Waals surface area contributed by atoms with E-state index in [1.807, 2.05) is 48.8 Å². The molecule has 0 aliphatic carbocycles. The summed E-state index contributed by atoms with van der Waals surface area (Å²) in [6.45, 7) is 1.57. The molecule has 2 saturated heterocycles. The van der Waals surface area contributed by atoms with Gasteiger partial charge in [-0.25, -0.2) is 0 Å². The van der Waals surface area contributed by atoms with Gasteiger partial charge in [-0.05, 0) is 73.6 Å². The molecule has 7 heteroatoms. The van der Waals surface area contributed by atoms with Crippen LogP contribution in [0.5, 0.6) is 5.75 Å². The highest BCUT2D eigenvalue weighted by molar-refractivity contribution is 7.80. The Hall–Kier alpha value is -2.90. The average molecular weight is 421 g/mol. The van der Waals surface area contributed by atoms with Gasteiger partial charge in [-0.1, -0.05) is 6.07 Å². The molecule has 0 saturated carbocycles. The summed E-state index contributed by atoms with van der Waals surface area (Å²) < 4.78 is 8.07. The van der Waals surface area contributed by atoms with Crippen LogP contribution in [0.4, 0.5) is 0 Å². The predicted molar refractivity (Wildman–Crippen MR) is 119 cm³/mol. The van der Waals surface area contributed by atoms with Gasteiger partial charge in [0, 0.05) is 36.9 Å². The third kappa shape index (κ3) is 3.55. The van der Waals surface area contributed by atoms with Crippen LogP contribution in [0.3, 0.4) is 0 Å². The van der Waals surface area contributed by atoms with Crippen molar-refractivity contribution in [3.8, 4) is 11.4 Å². The fraction of sp³-hybridized carbons (Fsp3) is 0.304. The first-order chi connectivity index (χ1) is 14.7. The molecule has 0 spiro atoms. The van der Waals surface area contributed by atoms with Gasteiger partial charge in [0.2, 0.25) is 0 Å². The summed E-state index contributed by atoms with van der Waals surface area (Å²) in [4.78, 5) is 6.86. The molecular weight excluding hydrogens is 396 g/mol. The minimum Gasteiger partial charge on any atom is -0.508 e. The first-order valence-corrected chi connectivity index (χ1v) is 10.7. The zero-order valence-corrected chi connectivity index (χ0v) is 17.3. The zero-order chi connectivity index (χ0) is 20.5. The molecule has 0 bridgehead atoms. The number of ether oxygens (including phenoxy) is 1. The van der Waals surface area contributed by atoms with Gasteiger partial charge in [-0.3, -0.25) is 4.98 Å². The van der Waals surface area contributed by atoms with Crippen LogP contribution < -0.4 is 5.32 Å². The van der Waals surface area contributed by atoms with Crippen molar-refractivity contribution >= 4 is 17.3 Å². The Balaban J connectivity index is 1.56. The Labute approximate surface area is 181 Å². The van der Waals surface area contributed by atoms with Gasteiger partial charge in [-0.2, -0.15) is 0 Å². The maximum absolute atomic E-state index is 9.70. The van der Waals surface area contributed by atoms with E-state index >= 15 is 0 Å². The smallest absolute Gasteiger partial charge is 0.170 e. The number of aromatic nitrogens is 2. The number of rotatable bonds is 5. The maximum Gasteiger partial charge on any atom is 0.170 e. The predicted octanol–water partition coefficient (Wildman–Crippen LogP) is 3.73. The van der Waals surface area contributed by atoms with Crippen LogP contribution in [0.2, 0.25) is 0 Å². The van der Waals surface area contributed by atoms with E-state index in [0.717, 1.165) is 48.2 Å². The summed E-state index contributed by atoms with van der Waals surface area (Å²) in [5.74, 6) is 0.252. The Bertz CT molecular complexity index is 1020. The molecule has 5 rings (SSSR count). The van der Waals surface area contributed by atoms with Crippen molar-refractivity contribution in [2.45, 2.75) is 31.0 Å².